The molecule has 2 N–H and O–H groups in total. The summed E-state index contributed by atoms with van der Waals surface area (Å²) in [5.41, 5.74) is 0. The Balaban J connectivity index is 2.87. The summed E-state index contributed by atoms with van der Waals surface area (Å²) in [6, 6.07) is 0. The van der Waals surface area contributed by atoms with Crippen LogP contribution in [0.2, 0.25) is 0 Å². The molecule has 0 aliphatic heterocycles. The number of alkyl halides is 4. The molecule has 0 amide bonds. The zero-order chi connectivity index (χ0) is 16.0. The first-order valence-electron chi connectivity index (χ1n) is 6.33. The van der Waals surface area contributed by atoms with E-state index < -0.39 is 18.9 Å². The van der Waals surface area contributed by atoms with Gasteiger partial charge in [0.2, 0.25) is 17.8 Å². The Labute approximate surface area is 120 Å². The zero-order valence-electron chi connectivity index (χ0n) is 12.0. The molecule has 0 spiro atoms. The molecule has 10 heteroatoms. The van der Waals surface area contributed by atoms with Crippen LogP contribution in [0.1, 0.15) is 13.3 Å². The average molecular weight is 310 g/mol. The number of hydrogen-bond acceptors (Lipinski definition) is 6. The highest BCUT2D eigenvalue weighted by Gasteiger charge is 2.40. The minimum absolute atomic E-state index is 0.187. The molecule has 0 unspecified atom stereocenters. The first-order chi connectivity index (χ1) is 9.76. The van der Waals surface area contributed by atoms with Crippen LogP contribution < -0.4 is 15.5 Å². The zero-order valence-corrected chi connectivity index (χ0v) is 12.0. The van der Waals surface area contributed by atoms with E-state index in [4.69, 9.17) is 0 Å². The molecule has 21 heavy (non-hydrogen) atoms. The number of hydrogen-bond donors (Lipinski definition) is 2. The molecule has 0 aliphatic carbocycles. The molecule has 1 aromatic heterocycles. The van der Waals surface area contributed by atoms with Crippen molar-refractivity contribution >= 4 is 17.8 Å². The maximum Gasteiger partial charge on any atom is 0.324 e. The molecule has 0 fully saturated rings. The molecule has 0 aromatic carbocycles. The summed E-state index contributed by atoms with van der Waals surface area (Å²) in [4.78, 5) is 13.4. The summed E-state index contributed by atoms with van der Waals surface area (Å²) in [7, 11) is 3.33. The SMILES string of the molecule is CCCNc1nc(NCC(F)(F)C(F)F)nc(N(C)C)n1. The van der Waals surface area contributed by atoms with Gasteiger partial charge in [-0.2, -0.15) is 23.7 Å². The second kappa shape index (κ2) is 7.23. The van der Waals surface area contributed by atoms with Crippen LogP contribution in [0.25, 0.3) is 0 Å². The topological polar surface area (TPSA) is 66.0 Å². The summed E-state index contributed by atoms with van der Waals surface area (Å²) in [6.07, 6.45) is -2.94. The van der Waals surface area contributed by atoms with Crippen LogP contribution in [-0.2, 0) is 0 Å². The van der Waals surface area contributed by atoms with Crippen LogP contribution >= 0.6 is 0 Å². The van der Waals surface area contributed by atoms with Crippen LogP contribution in [0.15, 0.2) is 0 Å². The Hall–Kier alpha value is -1.87. The van der Waals surface area contributed by atoms with Crippen molar-refractivity contribution in [1.82, 2.24) is 15.0 Å². The lowest BCUT2D eigenvalue weighted by molar-refractivity contribution is -0.117. The van der Waals surface area contributed by atoms with E-state index in [9.17, 15) is 17.6 Å². The van der Waals surface area contributed by atoms with Crippen LogP contribution in [0.4, 0.5) is 35.4 Å². The highest BCUT2D eigenvalue weighted by atomic mass is 19.3. The van der Waals surface area contributed by atoms with Crippen LogP contribution in [0.5, 0.6) is 0 Å². The molecule has 6 nitrogen and oxygen atoms in total. The molecule has 0 aliphatic rings. The van der Waals surface area contributed by atoms with Crippen molar-refractivity contribution in [3.63, 3.8) is 0 Å². The highest BCUT2D eigenvalue weighted by molar-refractivity contribution is 5.43. The van der Waals surface area contributed by atoms with Crippen molar-refractivity contribution in [2.24, 2.45) is 0 Å². The normalized spacial score (nSPS) is 11.6. The fraction of sp³-hybridized carbons (Fsp3) is 0.727. The molecule has 1 aromatic rings. The molecule has 120 valence electrons. The Bertz CT molecular complexity index is 454. The molecule has 0 saturated carbocycles. The van der Waals surface area contributed by atoms with Crippen LogP contribution in [-0.4, -0.2) is 54.5 Å². The predicted molar refractivity (Wildman–Crippen MR) is 72.4 cm³/mol. The molecule has 0 saturated heterocycles. The molecular formula is C11H18F4N6. The van der Waals surface area contributed by atoms with E-state index in [0.29, 0.717) is 6.54 Å². The summed E-state index contributed by atoms with van der Waals surface area (Å²) < 4.78 is 50.0. The summed E-state index contributed by atoms with van der Waals surface area (Å²) in [6.45, 7) is 1.27. The Kier molecular flexibility index (Phi) is 5.91. The molecule has 1 heterocycles. The molecule has 0 atom stereocenters. The third-order valence-electron chi connectivity index (χ3n) is 2.36. The summed E-state index contributed by atoms with van der Waals surface area (Å²) in [5.74, 6) is -3.92. The van der Waals surface area contributed by atoms with Crippen LogP contribution in [0.3, 0.4) is 0 Å². The smallest absolute Gasteiger partial charge is 0.324 e. The second-order valence-corrected chi connectivity index (χ2v) is 4.52. The minimum atomic E-state index is -4.15. The Morgan fingerprint density at radius 1 is 1.10 bits per heavy atom. The van der Waals surface area contributed by atoms with E-state index in [2.05, 4.69) is 25.6 Å². The van der Waals surface area contributed by atoms with Crippen LogP contribution in [0, 0.1) is 0 Å². The van der Waals surface area contributed by atoms with Crippen molar-refractivity contribution in [1.29, 1.82) is 0 Å². The number of rotatable bonds is 8. The van der Waals surface area contributed by atoms with Gasteiger partial charge in [0, 0.05) is 20.6 Å². The van der Waals surface area contributed by atoms with Gasteiger partial charge in [0.05, 0.1) is 6.54 Å². The highest BCUT2D eigenvalue weighted by Crippen LogP contribution is 2.23. The summed E-state index contributed by atoms with van der Waals surface area (Å²) in [5, 5.41) is 5.00. The van der Waals surface area contributed by atoms with E-state index in [-0.39, 0.29) is 17.8 Å². The van der Waals surface area contributed by atoms with Gasteiger partial charge >= 0.3 is 12.3 Å². The standard InChI is InChI=1S/C11H18F4N6/c1-4-5-16-8-18-9(20-10(19-8)21(2)3)17-6-11(14,15)7(12)13/h7H,4-6H2,1-3H3,(H2,16,17,18,19,20). The Morgan fingerprint density at radius 2 is 1.67 bits per heavy atom. The van der Waals surface area contributed by atoms with Crippen molar-refractivity contribution in [2.75, 3.05) is 42.7 Å². The number of aromatic nitrogens is 3. The van der Waals surface area contributed by atoms with E-state index in [1.165, 1.54) is 0 Å². The quantitative estimate of drug-likeness (QED) is 0.717. The first-order valence-corrected chi connectivity index (χ1v) is 6.33. The van der Waals surface area contributed by atoms with Crippen molar-refractivity contribution in [3.8, 4) is 0 Å². The minimum Gasteiger partial charge on any atom is -0.354 e. The lowest BCUT2D eigenvalue weighted by Crippen LogP contribution is -2.35. The molecule has 0 radical (unpaired) electrons. The first kappa shape index (κ1) is 17.2. The van der Waals surface area contributed by atoms with Gasteiger partial charge in [-0.3, -0.25) is 0 Å². The van der Waals surface area contributed by atoms with Gasteiger partial charge in [-0.25, -0.2) is 8.78 Å². The van der Waals surface area contributed by atoms with Gasteiger partial charge in [0.1, 0.15) is 0 Å². The predicted octanol–water partition coefficient (Wildman–Crippen LogP) is 2.07. The largest absolute Gasteiger partial charge is 0.354 e. The lowest BCUT2D eigenvalue weighted by Gasteiger charge is -2.17. The number of nitrogens with zero attached hydrogens (tertiary/aromatic N) is 4. The van der Waals surface area contributed by atoms with E-state index in [1.807, 2.05) is 6.92 Å². The van der Waals surface area contributed by atoms with Gasteiger partial charge in [-0.05, 0) is 6.42 Å². The number of anilines is 3. The third-order valence-corrected chi connectivity index (χ3v) is 2.36. The molecule has 1 rings (SSSR count). The number of halogens is 4. The van der Waals surface area contributed by atoms with Gasteiger partial charge in [-0.15, -0.1) is 0 Å². The maximum absolute atomic E-state index is 12.9. The van der Waals surface area contributed by atoms with Crippen molar-refractivity contribution in [2.45, 2.75) is 25.7 Å². The van der Waals surface area contributed by atoms with E-state index in [1.54, 1.807) is 19.0 Å². The lowest BCUT2D eigenvalue weighted by atomic mass is 10.3. The monoisotopic (exact) mass is 310 g/mol. The van der Waals surface area contributed by atoms with E-state index >= 15 is 0 Å². The van der Waals surface area contributed by atoms with E-state index in [0.717, 1.165) is 6.42 Å². The summed E-state index contributed by atoms with van der Waals surface area (Å²) >= 11 is 0. The van der Waals surface area contributed by atoms with Gasteiger partial charge in [0.25, 0.3) is 0 Å². The van der Waals surface area contributed by atoms with Gasteiger partial charge in [-0.1, -0.05) is 6.92 Å². The maximum atomic E-state index is 12.9. The van der Waals surface area contributed by atoms with Crippen molar-refractivity contribution in [3.05, 3.63) is 0 Å². The van der Waals surface area contributed by atoms with Gasteiger partial charge in [0.15, 0.2) is 0 Å². The van der Waals surface area contributed by atoms with Gasteiger partial charge < -0.3 is 15.5 Å². The molecule has 0 bridgehead atoms. The second-order valence-electron chi connectivity index (χ2n) is 4.52. The molecular weight excluding hydrogens is 292 g/mol. The Morgan fingerprint density at radius 3 is 2.14 bits per heavy atom. The third kappa shape index (κ3) is 5.20. The fourth-order valence-corrected chi connectivity index (χ4v) is 1.23. The number of nitrogens with one attached hydrogen (secondary N) is 2. The average Bonchev–Trinajstić information content (AvgIpc) is 2.42. The van der Waals surface area contributed by atoms with Crippen molar-refractivity contribution < 1.29 is 17.6 Å². The fourth-order valence-electron chi connectivity index (χ4n) is 1.23.